The van der Waals surface area contributed by atoms with Crippen LogP contribution in [0.1, 0.15) is 42.6 Å². The molecule has 0 aliphatic heterocycles. The third-order valence-electron chi connectivity index (χ3n) is 2.72. The standard InChI is InChI=1S/C14H19ClO3/c1-3-10-8-11(12(16)4-2)13(17)9-14(10)18-7-5-6-15/h8-9,17H,3-7H2,1-2H3. The first-order chi connectivity index (χ1) is 8.63. The molecule has 0 radical (unpaired) electrons. The van der Waals surface area contributed by atoms with Crippen LogP contribution in [0.25, 0.3) is 0 Å². The largest absolute Gasteiger partial charge is 0.507 e. The van der Waals surface area contributed by atoms with Crippen molar-refractivity contribution in [1.82, 2.24) is 0 Å². The highest BCUT2D eigenvalue weighted by Gasteiger charge is 2.14. The normalized spacial score (nSPS) is 10.4. The second-order valence-electron chi connectivity index (χ2n) is 4.00. The molecular formula is C14H19ClO3. The van der Waals surface area contributed by atoms with Crippen molar-refractivity contribution in [3.05, 3.63) is 23.3 Å². The van der Waals surface area contributed by atoms with Gasteiger partial charge in [-0.1, -0.05) is 13.8 Å². The van der Waals surface area contributed by atoms with Gasteiger partial charge in [0, 0.05) is 18.4 Å². The van der Waals surface area contributed by atoms with Gasteiger partial charge in [0.1, 0.15) is 11.5 Å². The number of ketones is 1. The zero-order valence-corrected chi connectivity index (χ0v) is 11.6. The van der Waals surface area contributed by atoms with Crippen molar-refractivity contribution >= 4 is 17.4 Å². The molecule has 0 bridgehead atoms. The van der Waals surface area contributed by atoms with Gasteiger partial charge in [-0.05, 0) is 24.5 Å². The van der Waals surface area contributed by atoms with E-state index in [1.54, 1.807) is 13.0 Å². The quantitative estimate of drug-likeness (QED) is 0.468. The summed E-state index contributed by atoms with van der Waals surface area (Å²) in [4.78, 5) is 11.7. The molecule has 0 saturated carbocycles. The van der Waals surface area contributed by atoms with Gasteiger partial charge in [-0.25, -0.2) is 0 Å². The van der Waals surface area contributed by atoms with Gasteiger partial charge in [0.15, 0.2) is 5.78 Å². The summed E-state index contributed by atoms with van der Waals surface area (Å²) in [5, 5.41) is 9.84. The average Bonchev–Trinajstić information content (AvgIpc) is 2.38. The summed E-state index contributed by atoms with van der Waals surface area (Å²) in [5.74, 6) is 1.10. The molecule has 1 N–H and O–H groups in total. The van der Waals surface area contributed by atoms with E-state index in [-0.39, 0.29) is 11.5 Å². The number of carbonyl (C=O) groups is 1. The number of Topliss-reactive ketones (excluding diaryl/α,β-unsaturated/α-hetero) is 1. The second-order valence-corrected chi connectivity index (χ2v) is 4.38. The van der Waals surface area contributed by atoms with Gasteiger partial charge in [-0.3, -0.25) is 4.79 Å². The molecule has 0 aliphatic rings. The predicted molar refractivity (Wildman–Crippen MR) is 72.9 cm³/mol. The van der Waals surface area contributed by atoms with Crippen molar-refractivity contribution in [2.45, 2.75) is 33.1 Å². The lowest BCUT2D eigenvalue weighted by Gasteiger charge is -2.13. The molecule has 0 aromatic heterocycles. The van der Waals surface area contributed by atoms with Crippen molar-refractivity contribution in [3.63, 3.8) is 0 Å². The lowest BCUT2D eigenvalue weighted by molar-refractivity contribution is 0.0985. The SMILES string of the molecule is CCC(=O)c1cc(CC)c(OCCCCl)cc1O. The van der Waals surface area contributed by atoms with E-state index < -0.39 is 0 Å². The monoisotopic (exact) mass is 270 g/mol. The van der Waals surface area contributed by atoms with Crippen molar-refractivity contribution in [2.75, 3.05) is 12.5 Å². The van der Waals surface area contributed by atoms with E-state index >= 15 is 0 Å². The van der Waals surface area contributed by atoms with E-state index in [2.05, 4.69) is 0 Å². The first kappa shape index (κ1) is 14.8. The number of hydrogen-bond donors (Lipinski definition) is 1. The van der Waals surface area contributed by atoms with E-state index in [1.807, 2.05) is 6.92 Å². The van der Waals surface area contributed by atoms with Crippen LogP contribution in [0, 0.1) is 0 Å². The summed E-state index contributed by atoms with van der Waals surface area (Å²) in [5.41, 5.74) is 1.30. The predicted octanol–water partition coefficient (Wildman–Crippen LogP) is 3.56. The van der Waals surface area contributed by atoms with E-state index in [0.29, 0.717) is 30.2 Å². The molecule has 3 nitrogen and oxygen atoms in total. The number of hydrogen-bond acceptors (Lipinski definition) is 3. The molecule has 4 heteroatoms. The number of phenols is 1. The number of carbonyl (C=O) groups excluding carboxylic acids is 1. The minimum atomic E-state index is -0.0606. The van der Waals surface area contributed by atoms with Gasteiger partial charge in [0.2, 0.25) is 0 Å². The molecular weight excluding hydrogens is 252 g/mol. The van der Waals surface area contributed by atoms with Crippen LogP contribution in [0.5, 0.6) is 11.5 Å². The third-order valence-corrected chi connectivity index (χ3v) is 2.98. The van der Waals surface area contributed by atoms with E-state index in [9.17, 15) is 9.90 Å². The molecule has 0 unspecified atom stereocenters. The number of aromatic hydroxyl groups is 1. The maximum Gasteiger partial charge on any atom is 0.166 e. The zero-order chi connectivity index (χ0) is 13.5. The molecule has 0 spiro atoms. The van der Waals surface area contributed by atoms with Crippen molar-refractivity contribution < 1.29 is 14.6 Å². The van der Waals surface area contributed by atoms with Crippen LogP contribution in [0.3, 0.4) is 0 Å². The Bertz CT molecular complexity index is 416. The maximum atomic E-state index is 11.7. The number of benzene rings is 1. The number of aryl methyl sites for hydroxylation is 1. The summed E-state index contributed by atoms with van der Waals surface area (Å²) < 4.78 is 5.56. The Kier molecular flexibility index (Phi) is 5.99. The maximum absolute atomic E-state index is 11.7. The summed E-state index contributed by atoms with van der Waals surface area (Å²) in [6, 6.07) is 3.24. The highest BCUT2D eigenvalue weighted by molar-refractivity contribution is 6.17. The number of phenolic OH excluding ortho intramolecular Hbond substituents is 1. The van der Waals surface area contributed by atoms with Crippen molar-refractivity contribution in [2.24, 2.45) is 0 Å². The average molecular weight is 271 g/mol. The molecule has 0 saturated heterocycles. The fraction of sp³-hybridized carbons (Fsp3) is 0.500. The van der Waals surface area contributed by atoms with Crippen LogP contribution >= 0.6 is 11.6 Å². The summed E-state index contributed by atoms with van der Waals surface area (Å²) in [7, 11) is 0. The van der Waals surface area contributed by atoms with Crippen LogP contribution < -0.4 is 4.74 Å². The van der Waals surface area contributed by atoms with Crippen LogP contribution in [-0.4, -0.2) is 23.4 Å². The van der Waals surface area contributed by atoms with Gasteiger partial charge in [-0.15, -0.1) is 11.6 Å². The molecule has 0 atom stereocenters. The first-order valence-electron chi connectivity index (χ1n) is 6.21. The van der Waals surface area contributed by atoms with Gasteiger partial charge < -0.3 is 9.84 Å². The van der Waals surface area contributed by atoms with E-state index in [1.165, 1.54) is 6.07 Å². The Balaban J connectivity index is 2.99. The van der Waals surface area contributed by atoms with Crippen molar-refractivity contribution in [3.8, 4) is 11.5 Å². The topological polar surface area (TPSA) is 46.5 Å². The Hall–Kier alpha value is -1.22. The molecule has 0 amide bonds. The number of halogens is 1. The highest BCUT2D eigenvalue weighted by Crippen LogP contribution is 2.29. The highest BCUT2D eigenvalue weighted by atomic mass is 35.5. The Morgan fingerprint density at radius 1 is 1.39 bits per heavy atom. The van der Waals surface area contributed by atoms with Gasteiger partial charge in [-0.2, -0.15) is 0 Å². The minimum Gasteiger partial charge on any atom is -0.507 e. The molecule has 0 fully saturated rings. The molecule has 0 heterocycles. The fourth-order valence-electron chi connectivity index (χ4n) is 1.68. The van der Waals surface area contributed by atoms with Crippen LogP contribution in [-0.2, 0) is 6.42 Å². The van der Waals surface area contributed by atoms with E-state index in [4.69, 9.17) is 16.3 Å². The molecule has 1 aromatic rings. The van der Waals surface area contributed by atoms with Crippen molar-refractivity contribution in [1.29, 1.82) is 0 Å². The van der Waals surface area contributed by atoms with Crippen LogP contribution in [0.15, 0.2) is 12.1 Å². The van der Waals surface area contributed by atoms with E-state index in [0.717, 1.165) is 18.4 Å². The third kappa shape index (κ3) is 3.64. The first-order valence-corrected chi connectivity index (χ1v) is 6.75. The molecule has 18 heavy (non-hydrogen) atoms. The fourth-order valence-corrected chi connectivity index (χ4v) is 1.78. The molecule has 100 valence electrons. The molecule has 1 aromatic carbocycles. The van der Waals surface area contributed by atoms with Crippen LogP contribution in [0.2, 0.25) is 0 Å². The molecule has 1 rings (SSSR count). The Morgan fingerprint density at radius 3 is 2.67 bits per heavy atom. The lowest BCUT2D eigenvalue weighted by Crippen LogP contribution is -2.04. The summed E-state index contributed by atoms with van der Waals surface area (Å²) in [6.07, 6.45) is 1.88. The minimum absolute atomic E-state index is 0.0140. The molecule has 0 aliphatic carbocycles. The Labute approximate surface area is 113 Å². The zero-order valence-electron chi connectivity index (χ0n) is 10.8. The van der Waals surface area contributed by atoms with Gasteiger partial charge >= 0.3 is 0 Å². The van der Waals surface area contributed by atoms with Gasteiger partial charge in [0.25, 0.3) is 0 Å². The number of alkyl halides is 1. The van der Waals surface area contributed by atoms with Gasteiger partial charge in [0.05, 0.1) is 12.2 Å². The Morgan fingerprint density at radius 2 is 2.11 bits per heavy atom. The smallest absolute Gasteiger partial charge is 0.166 e. The summed E-state index contributed by atoms with van der Waals surface area (Å²) >= 11 is 5.58. The van der Waals surface area contributed by atoms with Crippen LogP contribution in [0.4, 0.5) is 0 Å². The lowest BCUT2D eigenvalue weighted by atomic mass is 10.0. The second kappa shape index (κ2) is 7.27. The number of rotatable bonds is 7. The summed E-state index contributed by atoms with van der Waals surface area (Å²) in [6.45, 7) is 4.27. The number of ether oxygens (including phenoxy) is 1.